The van der Waals surface area contributed by atoms with Crippen LogP contribution in [-0.2, 0) is 7.05 Å². The van der Waals surface area contributed by atoms with Crippen LogP contribution in [0.15, 0.2) is 48.9 Å². The average molecular weight is 433 g/mol. The highest BCUT2D eigenvalue weighted by Gasteiger charge is 2.17. The number of nitrogens with zero attached hydrogens (tertiary/aromatic N) is 8. The van der Waals surface area contributed by atoms with Gasteiger partial charge in [-0.15, -0.1) is 5.10 Å². The molecule has 5 rings (SSSR count). The number of pyridine rings is 3. The van der Waals surface area contributed by atoms with E-state index >= 15 is 0 Å². The van der Waals surface area contributed by atoms with Crippen molar-refractivity contribution in [2.24, 2.45) is 7.05 Å². The zero-order valence-corrected chi connectivity index (χ0v) is 17.4. The molecular formula is C22H23N9O. The van der Waals surface area contributed by atoms with Crippen LogP contribution >= 0.6 is 0 Å². The lowest BCUT2D eigenvalue weighted by Crippen LogP contribution is -2.44. The van der Waals surface area contributed by atoms with Gasteiger partial charge >= 0.3 is 0 Å². The molecular weight excluding hydrogens is 406 g/mol. The van der Waals surface area contributed by atoms with E-state index in [1.807, 2.05) is 17.0 Å². The predicted molar refractivity (Wildman–Crippen MR) is 121 cm³/mol. The Morgan fingerprint density at radius 1 is 1.09 bits per heavy atom. The molecule has 0 atom stereocenters. The van der Waals surface area contributed by atoms with Gasteiger partial charge < -0.3 is 15.1 Å². The molecule has 0 aromatic carbocycles. The Hall–Kier alpha value is -3.92. The van der Waals surface area contributed by atoms with Crippen LogP contribution in [0, 0.1) is 0 Å². The summed E-state index contributed by atoms with van der Waals surface area (Å²) in [5.41, 5.74) is 2.42. The molecule has 10 nitrogen and oxygen atoms in total. The van der Waals surface area contributed by atoms with Crippen LogP contribution < -0.4 is 10.2 Å². The van der Waals surface area contributed by atoms with Gasteiger partial charge in [-0.05, 0) is 31.2 Å². The predicted octanol–water partition coefficient (Wildman–Crippen LogP) is 1.82. The van der Waals surface area contributed by atoms with Gasteiger partial charge in [0.25, 0.3) is 5.91 Å². The summed E-state index contributed by atoms with van der Waals surface area (Å²) in [4.78, 5) is 29.7. The first-order valence-electron chi connectivity index (χ1n) is 11.7. The third-order valence-corrected chi connectivity index (χ3v) is 5.29. The van der Waals surface area contributed by atoms with Gasteiger partial charge in [0.2, 0.25) is 0 Å². The second-order valence-corrected chi connectivity index (χ2v) is 7.57. The number of likely N-dealkylation sites (N-methyl/N-ethyl adjacent to an activating group) is 1. The number of anilines is 2. The van der Waals surface area contributed by atoms with Gasteiger partial charge in [-0.25, -0.2) is 15.0 Å². The van der Waals surface area contributed by atoms with E-state index in [-0.39, 0.29) is 5.91 Å². The lowest BCUT2D eigenvalue weighted by Gasteiger charge is -2.33. The summed E-state index contributed by atoms with van der Waals surface area (Å²) >= 11 is 0. The first kappa shape index (κ1) is 16.7. The van der Waals surface area contributed by atoms with Crippen LogP contribution in [0.5, 0.6) is 0 Å². The molecule has 162 valence electrons. The minimum absolute atomic E-state index is 0.327. The number of carbonyl (C=O) groups is 1. The molecule has 1 N–H and O–H groups in total. The van der Waals surface area contributed by atoms with E-state index in [2.05, 4.69) is 30.6 Å². The summed E-state index contributed by atoms with van der Waals surface area (Å²) in [5.74, 6) is 0.673. The average Bonchev–Trinajstić information content (AvgIpc) is 3.29. The minimum atomic E-state index is -2.10. The summed E-state index contributed by atoms with van der Waals surface area (Å²) in [6.45, 7) is -0.262. The lowest BCUT2D eigenvalue weighted by molar-refractivity contribution is 0.102. The highest BCUT2D eigenvalue weighted by atomic mass is 16.1. The molecule has 1 saturated heterocycles. The van der Waals surface area contributed by atoms with E-state index < -0.39 is 6.98 Å². The molecule has 32 heavy (non-hydrogen) atoms. The van der Waals surface area contributed by atoms with Crippen molar-refractivity contribution < 1.29 is 8.91 Å². The summed E-state index contributed by atoms with van der Waals surface area (Å²) in [6.07, 6.45) is 5.01. The van der Waals surface area contributed by atoms with Crippen molar-refractivity contribution in [2.75, 3.05) is 43.4 Å². The molecule has 10 heteroatoms. The van der Waals surface area contributed by atoms with E-state index in [0.717, 1.165) is 5.39 Å². The molecule has 1 aliphatic rings. The second-order valence-electron chi connectivity index (χ2n) is 7.57. The SMILES string of the molecule is [2H]C([2H])([2H])N1CCN(c2cc(C(=O)Nc3cc4nc(-c5cn(C)nn5)ccc4cn3)ccn2)CC1. The maximum Gasteiger partial charge on any atom is 0.257 e. The van der Waals surface area contributed by atoms with Gasteiger partial charge in [0.15, 0.2) is 0 Å². The van der Waals surface area contributed by atoms with Gasteiger partial charge in [0.1, 0.15) is 17.3 Å². The minimum Gasteiger partial charge on any atom is -0.354 e. The lowest BCUT2D eigenvalue weighted by atomic mass is 10.2. The molecule has 1 aliphatic heterocycles. The fourth-order valence-electron chi connectivity index (χ4n) is 3.55. The van der Waals surface area contributed by atoms with Gasteiger partial charge in [-0.2, -0.15) is 0 Å². The number of amides is 1. The fraction of sp³-hybridized carbons (Fsp3) is 0.273. The fourth-order valence-corrected chi connectivity index (χ4v) is 3.55. The Morgan fingerprint density at radius 3 is 2.75 bits per heavy atom. The standard InChI is InChI=1S/C22H23N9O/c1-29-7-9-31(10-8-29)21-11-15(5-6-23-21)22(32)26-20-12-18-16(13-24-20)3-4-17(25-18)19-14-30(2)28-27-19/h3-6,11-14H,7-10H2,1-2H3,(H,24,26,32)/i1D3. The van der Waals surface area contributed by atoms with Gasteiger partial charge in [-0.3, -0.25) is 9.48 Å². The maximum atomic E-state index is 12.9. The molecule has 4 aromatic heterocycles. The van der Waals surface area contributed by atoms with Crippen molar-refractivity contribution in [3.05, 3.63) is 54.5 Å². The third-order valence-electron chi connectivity index (χ3n) is 5.29. The first-order valence-corrected chi connectivity index (χ1v) is 10.2. The largest absolute Gasteiger partial charge is 0.354 e. The van der Waals surface area contributed by atoms with E-state index in [0.29, 0.717) is 60.3 Å². The molecule has 4 aromatic rings. The van der Waals surface area contributed by atoms with E-state index in [1.54, 1.807) is 48.5 Å². The number of carbonyl (C=O) groups excluding carboxylic acids is 1. The smallest absolute Gasteiger partial charge is 0.257 e. The van der Waals surface area contributed by atoms with Gasteiger partial charge in [0.05, 0.1) is 17.4 Å². The zero-order chi connectivity index (χ0) is 24.6. The number of hydrogen-bond acceptors (Lipinski definition) is 8. The normalized spacial score (nSPS) is 16.4. The number of piperazine rings is 1. The number of aromatic nitrogens is 6. The molecule has 1 amide bonds. The summed E-state index contributed by atoms with van der Waals surface area (Å²) in [7, 11) is 1.79. The van der Waals surface area contributed by atoms with Crippen molar-refractivity contribution >= 4 is 28.4 Å². The van der Waals surface area contributed by atoms with Crippen molar-refractivity contribution in [2.45, 2.75) is 0 Å². The van der Waals surface area contributed by atoms with Crippen LogP contribution in [0.2, 0.25) is 0 Å². The summed E-state index contributed by atoms with van der Waals surface area (Å²) < 4.78 is 24.3. The molecule has 0 aliphatic carbocycles. The molecule has 5 heterocycles. The molecule has 0 saturated carbocycles. The Bertz CT molecular complexity index is 1380. The molecule has 0 spiro atoms. The maximum absolute atomic E-state index is 12.9. The zero-order valence-electron chi connectivity index (χ0n) is 20.4. The number of rotatable bonds is 4. The molecule has 0 unspecified atom stereocenters. The van der Waals surface area contributed by atoms with Crippen LogP contribution in [0.1, 0.15) is 14.5 Å². The number of aryl methyl sites for hydroxylation is 1. The third kappa shape index (κ3) is 4.12. The molecule has 0 radical (unpaired) electrons. The number of fused-ring (bicyclic) bond motifs is 1. The van der Waals surface area contributed by atoms with Crippen molar-refractivity contribution in [1.29, 1.82) is 0 Å². The first-order chi connectivity index (χ1) is 16.8. The van der Waals surface area contributed by atoms with Gasteiger partial charge in [-0.1, -0.05) is 5.21 Å². The van der Waals surface area contributed by atoms with E-state index in [4.69, 9.17) is 4.11 Å². The van der Waals surface area contributed by atoms with Crippen LogP contribution in [0.4, 0.5) is 11.6 Å². The second kappa shape index (κ2) is 8.31. The van der Waals surface area contributed by atoms with Crippen molar-refractivity contribution in [1.82, 2.24) is 34.8 Å². The molecule has 1 fully saturated rings. The Kier molecular flexibility index (Phi) is 4.35. The van der Waals surface area contributed by atoms with Crippen LogP contribution in [0.3, 0.4) is 0 Å². The molecule has 0 bridgehead atoms. The number of nitrogens with one attached hydrogen (secondary N) is 1. The van der Waals surface area contributed by atoms with Crippen LogP contribution in [-0.4, -0.2) is 73.9 Å². The Balaban J connectivity index is 1.31. The Labute approximate surface area is 189 Å². The van der Waals surface area contributed by atoms with Crippen LogP contribution in [0.25, 0.3) is 22.3 Å². The highest BCUT2D eigenvalue weighted by molar-refractivity contribution is 6.04. The summed E-state index contributed by atoms with van der Waals surface area (Å²) in [6, 6.07) is 8.78. The van der Waals surface area contributed by atoms with Crippen molar-refractivity contribution in [3.8, 4) is 11.4 Å². The highest BCUT2D eigenvalue weighted by Crippen LogP contribution is 2.21. The monoisotopic (exact) mass is 432 g/mol. The Morgan fingerprint density at radius 2 is 1.97 bits per heavy atom. The summed E-state index contributed by atoms with van der Waals surface area (Å²) in [5, 5.41) is 11.7. The van der Waals surface area contributed by atoms with E-state index in [9.17, 15) is 4.79 Å². The van der Waals surface area contributed by atoms with Gasteiger partial charge in [0, 0.05) is 66.7 Å². The number of hydrogen-bond donors (Lipinski definition) is 1. The quantitative estimate of drug-likeness (QED) is 0.521. The van der Waals surface area contributed by atoms with E-state index in [1.165, 1.54) is 4.90 Å². The van der Waals surface area contributed by atoms with Crippen molar-refractivity contribution in [3.63, 3.8) is 0 Å². The topological polar surface area (TPSA) is 105 Å².